The molecule has 86 valence electrons. The van der Waals surface area contributed by atoms with E-state index < -0.39 is 0 Å². The van der Waals surface area contributed by atoms with Gasteiger partial charge in [-0.1, -0.05) is 13.8 Å². The molecule has 0 aliphatic heterocycles. The molecule has 1 aromatic rings. The third kappa shape index (κ3) is 3.34. The number of ketones is 1. The van der Waals surface area contributed by atoms with Crippen LogP contribution in [0.25, 0.3) is 0 Å². The lowest BCUT2D eigenvalue weighted by atomic mass is 10.1. The maximum atomic E-state index is 11.5. The van der Waals surface area contributed by atoms with Crippen molar-refractivity contribution in [2.24, 2.45) is 5.92 Å². The second-order valence-electron chi connectivity index (χ2n) is 3.75. The highest BCUT2D eigenvalue weighted by Crippen LogP contribution is 1.95. The molecule has 0 saturated carbocycles. The van der Waals surface area contributed by atoms with E-state index in [2.05, 4.69) is 10.3 Å². The summed E-state index contributed by atoms with van der Waals surface area (Å²) >= 11 is 0. The lowest BCUT2D eigenvalue weighted by Crippen LogP contribution is -2.31. The number of carbonyl (C=O) groups is 2. The number of rotatable bonds is 4. The van der Waals surface area contributed by atoms with E-state index in [9.17, 15) is 14.4 Å². The highest BCUT2D eigenvalue weighted by Gasteiger charge is 2.10. The Hall–Kier alpha value is -1.91. The summed E-state index contributed by atoms with van der Waals surface area (Å²) in [6, 6.07) is 2.67. The Kier molecular flexibility index (Phi) is 3.99. The van der Waals surface area contributed by atoms with Crippen molar-refractivity contribution in [3.8, 4) is 0 Å². The molecule has 0 aliphatic carbocycles. The highest BCUT2D eigenvalue weighted by atomic mass is 16.2. The molecule has 0 fully saturated rings. The van der Waals surface area contributed by atoms with E-state index in [1.807, 2.05) is 0 Å². The van der Waals surface area contributed by atoms with Crippen molar-refractivity contribution in [3.63, 3.8) is 0 Å². The van der Waals surface area contributed by atoms with Crippen LogP contribution in [0.4, 0.5) is 0 Å². The van der Waals surface area contributed by atoms with Crippen molar-refractivity contribution in [1.82, 2.24) is 10.3 Å². The van der Waals surface area contributed by atoms with E-state index in [1.165, 1.54) is 18.3 Å². The molecule has 1 aromatic heterocycles. The summed E-state index contributed by atoms with van der Waals surface area (Å²) in [4.78, 5) is 35.9. The van der Waals surface area contributed by atoms with E-state index >= 15 is 0 Å². The maximum Gasteiger partial charge on any atom is 0.253 e. The summed E-state index contributed by atoms with van der Waals surface area (Å²) in [6.07, 6.45) is 1.32. The molecule has 5 heteroatoms. The number of Topliss-reactive ketones (excluding diaryl/α,β-unsaturated/α-hetero) is 1. The van der Waals surface area contributed by atoms with Crippen molar-refractivity contribution in [2.75, 3.05) is 6.54 Å². The molecule has 0 bridgehead atoms. The summed E-state index contributed by atoms with van der Waals surface area (Å²) in [6.45, 7) is 3.55. The minimum absolute atomic E-state index is 0.00955. The first kappa shape index (κ1) is 12.2. The Bertz CT molecular complexity index is 428. The topological polar surface area (TPSA) is 79.0 Å². The number of hydrogen-bond donors (Lipinski definition) is 2. The van der Waals surface area contributed by atoms with Gasteiger partial charge in [0.25, 0.3) is 5.91 Å². The Morgan fingerprint density at radius 3 is 2.56 bits per heavy atom. The molecule has 0 aliphatic rings. The standard InChI is InChI=1S/C11H14N2O3/c1-7(2)9(14)6-13-11(16)8-3-4-10(15)12-5-8/h3-5,7H,6H2,1-2H3,(H,12,15)(H,13,16). The largest absolute Gasteiger partial charge is 0.345 e. The van der Waals surface area contributed by atoms with Crippen LogP contribution in [0.3, 0.4) is 0 Å². The molecule has 0 spiro atoms. The quantitative estimate of drug-likeness (QED) is 0.770. The molecule has 1 heterocycles. The van der Waals surface area contributed by atoms with Gasteiger partial charge in [0.2, 0.25) is 5.56 Å². The minimum Gasteiger partial charge on any atom is -0.345 e. The van der Waals surface area contributed by atoms with Gasteiger partial charge in [0.05, 0.1) is 12.1 Å². The van der Waals surface area contributed by atoms with Gasteiger partial charge in [-0.3, -0.25) is 14.4 Å². The zero-order chi connectivity index (χ0) is 12.1. The third-order valence-corrected chi connectivity index (χ3v) is 2.11. The van der Waals surface area contributed by atoms with E-state index in [4.69, 9.17) is 0 Å². The van der Waals surface area contributed by atoms with Gasteiger partial charge in [0.15, 0.2) is 5.78 Å². The van der Waals surface area contributed by atoms with E-state index in [-0.39, 0.29) is 29.7 Å². The molecule has 1 amide bonds. The summed E-state index contributed by atoms with van der Waals surface area (Å²) < 4.78 is 0. The number of pyridine rings is 1. The van der Waals surface area contributed by atoms with E-state index in [1.54, 1.807) is 13.8 Å². The van der Waals surface area contributed by atoms with E-state index in [0.29, 0.717) is 5.56 Å². The Morgan fingerprint density at radius 1 is 1.38 bits per heavy atom. The Balaban J connectivity index is 2.56. The van der Waals surface area contributed by atoms with E-state index in [0.717, 1.165) is 0 Å². The van der Waals surface area contributed by atoms with Crippen molar-refractivity contribution in [3.05, 3.63) is 34.2 Å². The van der Waals surface area contributed by atoms with Gasteiger partial charge in [-0.25, -0.2) is 0 Å². The second-order valence-corrected chi connectivity index (χ2v) is 3.75. The minimum atomic E-state index is -0.370. The zero-order valence-corrected chi connectivity index (χ0v) is 9.24. The van der Waals surface area contributed by atoms with Crippen LogP contribution in [0.5, 0.6) is 0 Å². The average Bonchev–Trinajstić information content (AvgIpc) is 2.26. The van der Waals surface area contributed by atoms with Gasteiger partial charge in [0, 0.05) is 18.2 Å². The van der Waals surface area contributed by atoms with Crippen molar-refractivity contribution < 1.29 is 9.59 Å². The molecule has 0 radical (unpaired) electrons. The molecule has 0 unspecified atom stereocenters. The number of amides is 1. The summed E-state index contributed by atoms with van der Waals surface area (Å²) in [5.74, 6) is -0.501. The van der Waals surface area contributed by atoms with Gasteiger partial charge in [0.1, 0.15) is 0 Å². The van der Waals surface area contributed by atoms with Crippen molar-refractivity contribution >= 4 is 11.7 Å². The molecular formula is C11H14N2O3. The van der Waals surface area contributed by atoms with Crippen molar-refractivity contribution in [2.45, 2.75) is 13.8 Å². The average molecular weight is 222 g/mol. The zero-order valence-electron chi connectivity index (χ0n) is 9.24. The molecule has 0 saturated heterocycles. The fraction of sp³-hybridized carbons (Fsp3) is 0.364. The number of H-pyrrole nitrogens is 1. The molecule has 0 atom stereocenters. The monoisotopic (exact) mass is 222 g/mol. The number of hydrogen-bond acceptors (Lipinski definition) is 3. The van der Waals surface area contributed by atoms with Crippen LogP contribution < -0.4 is 10.9 Å². The van der Waals surface area contributed by atoms with Gasteiger partial charge in [-0.2, -0.15) is 0 Å². The Morgan fingerprint density at radius 2 is 2.06 bits per heavy atom. The van der Waals surface area contributed by atoms with Gasteiger partial charge >= 0.3 is 0 Å². The third-order valence-electron chi connectivity index (χ3n) is 2.11. The van der Waals surface area contributed by atoms with Crippen LogP contribution in [-0.2, 0) is 4.79 Å². The van der Waals surface area contributed by atoms with Gasteiger partial charge in [-0.15, -0.1) is 0 Å². The first-order chi connectivity index (χ1) is 7.50. The van der Waals surface area contributed by atoms with Crippen LogP contribution in [-0.4, -0.2) is 23.2 Å². The smallest absolute Gasteiger partial charge is 0.253 e. The SMILES string of the molecule is CC(C)C(=O)CNC(=O)c1ccc(=O)[nH]c1. The molecular weight excluding hydrogens is 208 g/mol. The van der Waals surface area contributed by atoms with Crippen LogP contribution in [0, 0.1) is 5.92 Å². The predicted molar refractivity (Wildman–Crippen MR) is 59.2 cm³/mol. The van der Waals surface area contributed by atoms with Gasteiger partial charge in [-0.05, 0) is 6.07 Å². The number of carbonyl (C=O) groups excluding carboxylic acids is 2. The lowest BCUT2D eigenvalue weighted by Gasteiger charge is -2.06. The van der Waals surface area contributed by atoms with Crippen LogP contribution in [0.2, 0.25) is 0 Å². The molecule has 16 heavy (non-hydrogen) atoms. The van der Waals surface area contributed by atoms with Gasteiger partial charge < -0.3 is 10.3 Å². The first-order valence-corrected chi connectivity index (χ1v) is 5.00. The molecule has 2 N–H and O–H groups in total. The lowest BCUT2D eigenvalue weighted by molar-refractivity contribution is -0.120. The fourth-order valence-electron chi connectivity index (χ4n) is 1.03. The molecule has 5 nitrogen and oxygen atoms in total. The summed E-state index contributed by atoms with van der Waals surface area (Å²) in [7, 11) is 0. The molecule has 1 rings (SSSR count). The van der Waals surface area contributed by atoms with Crippen LogP contribution >= 0.6 is 0 Å². The van der Waals surface area contributed by atoms with Crippen molar-refractivity contribution in [1.29, 1.82) is 0 Å². The fourth-order valence-corrected chi connectivity index (χ4v) is 1.03. The number of aromatic nitrogens is 1. The summed E-state index contributed by atoms with van der Waals surface area (Å²) in [5.41, 5.74) is 0.0611. The van der Waals surface area contributed by atoms with Crippen LogP contribution in [0.1, 0.15) is 24.2 Å². The Labute approximate surface area is 92.9 Å². The highest BCUT2D eigenvalue weighted by molar-refractivity contribution is 5.96. The van der Waals surface area contributed by atoms with Crippen LogP contribution in [0.15, 0.2) is 23.1 Å². The predicted octanol–water partition coefficient (Wildman–Crippen LogP) is 0.330. The number of nitrogens with one attached hydrogen (secondary N) is 2. The summed E-state index contributed by atoms with van der Waals surface area (Å²) in [5, 5.41) is 2.49. The normalized spacial score (nSPS) is 10.2. The molecule has 0 aromatic carbocycles. The first-order valence-electron chi connectivity index (χ1n) is 5.00. The number of aromatic amines is 1. The second kappa shape index (κ2) is 5.25. The maximum absolute atomic E-state index is 11.5.